The molecular weight excluding hydrogens is 314 g/mol. The van der Waals surface area contributed by atoms with Crippen LogP contribution in [0.3, 0.4) is 0 Å². The van der Waals surface area contributed by atoms with Gasteiger partial charge < -0.3 is 0 Å². The van der Waals surface area contributed by atoms with Crippen LogP contribution in [0.15, 0.2) is 0 Å². The van der Waals surface area contributed by atoms with Crippen LogP contribution in [0.25, 0.3) is 0 Å². The van der Waals surface area contributed by atoms with E-state index in [0.29, 0.717) is 0 Å². The molecule has 0 aliphatic heterocycles. The average molecular weight is 334 g/mol. The van der Waals surface area contributed by atoms with Crippen molar-refractivity contribution in [3.63, 3.8) is 0 Å². The van der Waals surface area contributed by atoms with E-state index in [0.717, 1.165) is 0 Å². The van der Waals surface area contributed by atoms with E-state index >= 15 is 0 Å². The zero-order valence-electron chi connectivity index (χ0n) is 8.03. The minimum atomic E-state index is -1.71. The van der Waals surface area contributed by atoms with Crippen molar-refractivity contribution in [3.05, 3.63) is 0 Å². The summed E-state index contributed by atoms with van der Waals surface area (Å²) < 4.78 is 0. The first-order valence-electron chi connectivity index (χ1n) is 3.68. The summed E-state index contributed by atoms with van der Waals surface area (Å²) in [6.07, 6.45) is 0. The Morgan fingerprint density at radius 3 is 1.40 bits per heavy atom. The standard InChI is InChI=1S/C7H20AsISi/c1-8(2,3,9)7-10(4,5)6/h7H2,1-6H3. The van der Waals surface area contributed by atoms with Gasteiger partial charge in [0.2, 0.25) is 0 Å². The molecule has 0 aromatic rings. The molecule has 0 saturated carbocycles. The maximum absolute atomic E-state index is 2.75. The van der Waals surface area contributed by atoms with Gasteiger partial charge >= 0.3 is 78.9 Å². The molecule has 10 heavy (non-hydrogen) atoms. The van der Waals surface area contributed by atoms with Crippen molar-refractivity contribution in [3.8, 4) is 0 Å². The van der Waals surface area contributed by atoms with Crippen LogP contribution in [0.4, 0.5) is 0 Å². The summed E-state index contributed by atoms with van der Waals surface area (Å²) in [7, 11) is -2.50. The summed E-state index contributed by atoms with van der Waals surface area (Å²) >= 11 is 2.75. The van der Waals surface area contributed by atoms with E-state index < -0.39 is 17.2 Å². The van der Waals surface area contributed by atoms with E-state index in [4.69, 9.17) is 0 Å². The summed E-state index contributed by atoms with van der Waals surface area (Å²) in [5, 5.41) is 0. The van der Waals surface area contributed by atoms with Crippen molar-refractivity contribution in [1.29, 1.82) is 0 Å². The molecule has 0 aromatic carbocycles. The van der Waals surface area contributed by atoms with Crippen molar-refractivity contribution >= 4 is 37.3 Å². The van der Waals surface area contributed by atoms with Gasteiger partial charge in [0.05, 0.1) is 0 Å². The first-order valence-corrected chi connectivity index (χ1v) is 20.1. The van der Waals surface area contributed by atoms with Gasteiger partial charge in [-0.1, -0.05) is 0 Å². The van der Waals surface area contributed by atoms with Gasteiger partial charge in [-0.2, -0.15) is 0 Å². The molecule has 0 unspecified atom stereocenters. The van der Waals surface area contributed by atoms with Crippen molar-refractivity contribution in [1.82, 2.24) is 0 Å². The Labute approximate surface area is 78.3 Å². The predicted molar refractivity (Wildman–Crippen MR) is 65.5 cm³/mol. The molecule has 0 aromatic heterocycles. The van der Waals surface area contributed by atoms with E-state index in [2.05, 4.69) is 56.9 Å². The average Bonchev–Trinajstić information content (AvgIpc) is 1.09. The molecule has 0 nitrogen and oxygen atoms in total. The van der Waals surface area contributed by atoms with Gasteiger partial charge in [-0.15, -0.1) is 0 Å². The molecule has 0 N–H and O–H groups in total. The third kappa shape index (κ3) is 9.51. The number of hydrogen-bond donors (Lipinski definition) is 0. The molecule has 64 valence electrons. The van der Waals surface area contributed by atoms with Crippen LogP contribution in [-0.4, -0.2) is 17.2 Å². The predicted octanol–water partition coefficient (Wildman–Crippen LogP) is 4.09. The second-order valence-electron chi connectivity index (χ2n) is 5.64. The van der Waals surface area contributed by atoms with Gasteiger partial charge in [0.15, 0.2) is 0 Å². The summed E-state index contributed by atoms with van der Waals surface area (Å²) in [6.45, 7) is 7.42. The second kappa shape index (κ2) is 2.77. The van der Waals surface area contributed by atoms with Crippen molar-refractivity contribution in [2.45, 2.75) is 41.6 Å². The normalized spacial score (nSPS) is 18.1. The van der Waals surface area contributed by atoms with Crippen LogP contribution in [0.5, 0.6) is 0 Å². The van der Waals surface area contributed by atoms with Gasteiger partial charge in [-0.25, -0.2) is 0 Å². The number of halogens is 1. The monoisotopic (exact) mass is 334 g/mol. The van der Waals surface area contributed by atoms with E-state index in [1.807, 2.05) is 0 Å². The zero-order valence-corrected chi connectivity index (χ0v) is 13.1. The van der Waals surface area contributed by atoms with Gasteiger partial charge in [0.1, 0.15) is 0 Å². The molecule has 0 rings (SSSR count). The minimum absolute atomic E-state index is 0.793. The fraction of sp³-hybridized carbons (Fsp3) is 1.00. The Balaban J connectivity index is 4.18. The van der Waals surface area contributed by atoms with Crippen LogP contribution in [0.1, 0.15) is 0 Å². The number of hydrogen-bond acceptors (Lipinski definition) is 0. The van der Waals surface area contributed by atoms with Gasteiger partial charge in [-0.05, 0) is 0 Å². The van der Waals surface area contributed by atoms with Crippen molar-refractivity contribution < 1.29 is 0 Å². The maximum atomic E-state index is 2.75. The molecule has 0 amide bonds. The molecule has 0 spiro atoms. The van der Waals surface area contributed by atoms with E-state index in [9.17, 15) is 0 Å². The topological polar surface area (TPSA) is 0 Å². The first-order chi connectivity index (χ1) is 3.96. The molecular formula is C7H20AsISi. The molecule has 0 heterocycles. The third-order valence-electron chi connectivity index (χ3n) is 1.01. The zero-order chi connectivity index (χ0) is 8.65. The Morgan fingerprint density at radius 2 is 1.40 bits per heavy atom. The molecule has 0 radical (unpaired) electrons. The molecule has 3 heteroatoms. The van der Waals surface area contributed by atoms with Crippen LogP contribution in [0.2, 0.25) is 41.6 Å². The summed E-state index contributed by atoms with van der Waals surface area (Å²) in [5.74, 6) is 0. The molecule has 0 fully saturated rings. The van der Waals surface area contributed by atoms with Crippen LogP contribution >= 0.6 is 20.1 Å². The van der Waals surface area contributed by atoms with Crippen LogP contribution in [0, 0.1) is 0 Å². The van der Waals surface area contributed by atoms with Crippen molar-refractivity contribution in [2.24, 2.45) is 0 Å². The molecule has 0 aliphatic rings. The van der Waals surface area contributed by atoms with Crippen molar-refractivity contribution in [2.75, 3.05) is 0 Å². The molecule has 0 atom stereocenters. The quantitative estimate of drug-likeness (QED) is 0.527. The van der Waals surface area contributed by atoms with Gasteiger partial charge in [0.25, 0.3) is 0 Å². The molecule has 0 saturated heterocycles. The summed E-state index contributed by atoms with van der Waals surface area (Å²) in [5.41, 5.74) is 7.53. The van der Waals surface area contributed by atoms with Gasteiger partial charge in [0, 0.05) is 0 Å². The summed E-state index contributed by atoms with van der Waals surface area (Å²) in [4.78, 5) is 1.56. The fourth-order valence-electron chi connectivity index (χ4n) is 1.60. The second-order valence-corrected chi connectivity index (χ2v) is 43.9. The van der Waals surface area contributed by atoms with E-state index in [1.54, 1.807) is 4.83 Å². The first kappa shape index (κ1) is 11.5. The Morgan fingerprint density at radius 1 is 1.10 bits per heavy atom. The summed E-state index contributed by atoms with van der Waals surface area (Å²) in [6, 6.07) is 0. The van der Waals surface area contributed by atoms with Gasteiger partial charge in [-0.3, -0.25) is 0 Å². The Bertz CT molecular complexity index is 120. The number of rotatable bonds is 2. The Kier molecular flexibility index (Phi) is 3.19. The SMILES string of the molecule is C[Si](C)(C)C[As](C)(C)(C)I. The molecule has 0 bridgehead atoms. The fourth-order valence-corrected chi connectivity index (χ4v) is 40.9. The van der Waals surface area contributed by atoms with Crippen LogP contribution < -0.4 is 0 Å². The van der Waals surface area contributed by atoms with Crippen LogP contribution in [-0.2, 0) is 0 Å². The molecule has 0 aliphatic carbocycles. The Hall–Kier alpha value is 1.51. The third-order valence-corrected chi connectivity index (χ3v) is 21.0. The van der Waals surface area contributed by atoms with E-state index in [1.165, 1.54) is 0 Å². The van der Waals surface area contributed by atoms with E-state index in [-0.39, 0.29) is 0 Å².